The number of halogens is 2. The number of piperidine rings is 1. The van der Waals surface area contributed by atoms with Crippen molar-refractivity contribution in [1.29, 1.82) is 0 Å². The molecule has 1 amide bonds. The predicted octanol–water partition coefficient (Wildman–Crippen LogP) is 2.69. The number of nitrogens with two attached hydrogens (primary N) is 1. The zero-order valence-corrected chi connectivity index (χ0v) is 15.6. The van der Waals surface area contributed by atoms with E-state index in [0.29, 0.717) is 10.6 Å². The van der Waals surface area contributed by atoms with Crippen LogP contribution in [0.25, 0.3) is 0 Å². The lowest BCUT2D eigenvalue weighted by molar-refractivity contribution is 0.0890. The van der Waals surface area contributed by atoms with E-state index in [9.17, 15) is 4.79 Å². The van der Waals surface area contributed by atoms with Crippen LogP contribution in [-0.2, 0) is 0 Å². The first kappa shape index (κ1) is 16.9. The Morgan fingerprint density at radius 2 is 1.81 bits per heavy atom. The summed E-state index contributed by atoms with van der Waals surface area (Å²) in [6, 6.07) is 5.44. The normalized spacial score (nSPS) is 18.2. The maximum atomic E-state index is 12.5. The standard InChI is InChI=1S/C14H17Br2N3OS/c1-19-4-2-14(3-5-19,13(17)21)18-12(20)9-6-10(15)8-11(16)7-9/h6-8H,2-5H2,1H3,(H2,17,21)(H,18,20). The SMILES string of the molecule is CN1CCC(NC(=O)c2cc(Br)cc(Br)c2)(C(N)=S)CC1. The maximum Gasteiger partial charge on any atom is 0.252 e. The monoisotopic (exact) mass is 433 g/mol. The fraction of sp³-hybridized carbons (Fsp3) is 0.429. The second kappa shape index (κ2) is 6.73. The lowest BCUT2D eigenvalue weighted by Crippen LogP contribution is -2.61. The number of hydrogen-bond acceptors (Lipinski definition) is 3. The average molecular weight is 435 g/mol. The fourth-order valence-electron chi connectivity index (χ4n) is 2.41. The van der Waals surface area contributed by atoms with Crippen molar-refractivity contribution in [3.05, 3.63) is 32.7 Å². The zero-order chi connectivity index (χ0) is 15.6. The summed E-state index contributed by atoms with van der Waals surface area (Å²) in [5.41, 5.74) is 5.90. The van der Waals surface area contributed by atoms with Crippen LogP contribution in [0.4, 0.5) is 0 Å². The zero-order valence-electron chi connectivity index (χ0n) is 11.7. The van der Waals surface area contributed by atoms with Crippen molar-refractivity contribution in [3.8, 4) is 0 Å². The van der Waals surface area contributed by atoms with E-state index in [1.165, 1.54) is 0 Å². The van der Waals surface area contributed by atoms with E-state index in [-0.39, 0.29) is 5.91 Å². The third-order valence-corrected chi connectivity index (χ3v) is 5.10. The van der Waals surface area contributed by atoms with Gasteiger partial charge in [-0.25, -0.2) is 0 Å². The molecule has 114 valence electrons. The number of thiocarbonyl (C=S) groups is 1. The number of nitrogens with one attached hydrogen (secondary N) is 1. The average Bonchev–Trinajstić information content (AvgIpc) is 2.40. The van der Waals surface area contributed by atoms with Crippen molar-refractivity contribution in [2.24, 2.45) is 5.73 Å². The molecule has 1 aromatic rings. The van der Waals surface area contributed by atoms with E-state index in [1.54, 1.807) is 12.1 Å². The first-order valence-corrected chi connectivity index (χ1v) is 8.59. The third kappa shape index (κ3) is 4.03. The quantitative estimate of drug-likeness (QED) is 0.718. The van der Waals surface area contributed by atoms with Gasteiger partial charge in [0, 0.05) is 27.6 Å². The lowest BCUT2D eigenvalue weighted by Gasteiger charge is -2.40. The van der Waals surface area contributed by atoms with E-state index in [2.05, 4.69) is 49.1 Å². The number of rotatable bonds is 3. The van der Waals surface area contributed by atoms with Gasteiger partial charge in [0.05, 0.1) is 10.5 Å². The van der Waals surface area contributed by atoms with Crippen LogP contribution >= 0.6 is 44.1 Å². The lowest BCUT2D eigenvalue weighted by atomic mass is 9.87. The minimum Gasteiger partial charge on any atom is -0.391 e. The number of nitrogens with zero attached hydrogens (tertiary/aromatic N) is 1. The van der Waals surface area contributed by atoms with Crippen molar-refractivity contribution in [2.75, 3.05) is 20.1 Å². The van der Waals surface area contributed by atoms with E-state index in [0.717, 1.165) is 34.9 Å². The van der Waals surface area contributed by atoms with Crippen molar-refractivity contribution >= 4 is 55.0 Å². The summed E-state index contributed by atoms with van der Waals surface area (Å²) in [5, 5.41) is 3.05. The third-order valence-electron chi connectivity index (χ3n) is 3.79. The molecule has 0 radical (unpaired) electrons. The molecule has 0 atom stereocenters. The summed E-state index contributed by atoms with van der Waals surface area (Å²) in [6.07, 6.45) is 1.47. The van der Waals surface area contributed by atoms with Crippen LogP contribution in [0, 0.1) is 0 Å². The second-order valence-corrected chi connectivity index (χ2v) is 7.63. The van der Waals surface area contributed by atoms with Gasteiger partial charge in [-0.05, 0) is 38.1 Å². The van der Waals surface area contributed by atoms with Gasteiger partial charge in [-0.15, -0.1) is 0 Å². The molecule has 0 bridgehead atoms. The van der Waals surface area contributed by atoms with Gasteiger partial charge in [0.15, 0.2) is 0 Å². The summed E-state index contributed by atoms with van der Waals surface area (Å²) in [6.45, 7) is 1.72. The molecule has 1 aromatic carbocycles. The highest BCUT2D eigenvalue weighted by atomic mass is 79.9. The van der Waals surface area contributed by atoms with Crippen LogP contribution in [0.1, 0.15) is 23.2 Å². The van der Waals surface area contributed by atoms with Crippen LogP contribution < -0.4 is 11.1 Å². The Labute approximate surface area is 146 Å². The molecule has 2 rings (SSSR count). The molecule has 0 aromatic heterocycles. The largest absolute Gasteiger partial charge is 0.391 e. The summed E-state index contributed by atoms with van der Waals surface area (Å²) >= 11 is 12.0. The Morgan fingerprint density at radius 3 is 2.29 bits per heavy atom. The first-order chi connectivity index (χ1) is 9.82. The Kier molecular flexibility index (Phi) is 5.40. The Balaban J connectivity index is 2.21. The molecule has 1 saturated heterocycles. The molecule has 0 saturated carbocycles. The van der Waals surface area contributed by atoms with Crippen LogP contribution in [0.15, 0.2) is 27.1 Å². The molecule has 1 heterocycles. The summed E-state index contributed by atoms with van der Waals surface area (Å²) in [7, 11) is 2.05. The van der Waals surface area contributed by atoms with Gasteiger partial charge in [0.25, 0.3) is 5.91 Å². The maximum absolute atomic E-state index is 12.5. The van der Waals surface area contributed by atoms with E-state index in [4.69, 9.17) is 18.0 Å². The van der Waals surface area contributed by atoms with Crippen molar-refractivity contribution in [3.63, 3.8) is 0 Å². The summed E-state index contributed by atoms with van der Waals surface area (Å²) < 4.78 is 1.68. The molecule has 0 unspecified atom stereocenters. The van der Waals surface area contributed by atoms with Gasteiger partial charge < -0.3 is 16.0 Å². The summed E-state index contributed by atoms with van der Waals surface area (Å²) in [4.78, 5) is 15.1. The first-order valence-electron chi connectivity index (χ1n) is 6.59. The van der Waals surface area contributed by atoms with E-state index < -0.39 is 5.54 Å². The van der Waals surface area contributed by atoms with Gasteiger partial charge in [0.2, 0.25) is 0 Å². The topological polar surface area (TPSA) is 58.4 Å². The molecular formula is C14H17Br2N3OS. The van der Waals surface area contributed by atoms with Crippen LogP contribution in [0.3, 0.4) is 0 Å². The molecule has 1 aliphatic rings. The Bertz CT molecular complexity index is 551. The molecule has 1 aliphatic heterocycles. The van der Waals surface area contributed by atoms with Crippen molar-refractivity contribution in [1.82, 2.24) is 10.2 Å². The number of carbonyl (C=O) groups excluding carboxylic acids is 1. The van der Waals surface area contributed by atoms with Crippen molar-refractivity contribution < 1.29 is 4.79 Å². The minimum absolute atomic E-state index is 0.158. The number of likely N-dealkylation sites (tertiary alicyclic amines) is 1. The minimum atomic E-state index is -0.590. The highest BCUT2D eigenvalue weighted by molar-refractivity contribution is 9.11. The van der Waals surface area contributed by atoms with Gasteiger partial charge in [0.1, 0.15) is 0 Å². The number of amides is 1. The molecule has 0 aliphatic carbocycles. The summed E-state index contributed by atoms with van der Waals surface area (Å²) in [5.74, 6) is -0.158. The Hall–Kier alpha value is -0.500. The number of hydrogen-bond donors (Lipinski definition) is 2. The Morgan fingerprint density at radius 1 is 1.29 bits per heavy atom. The highest BCUT2D eigenvalue weighted by Crippen LogP contribution is 2.24. The van der Waals surface area contributed by atoms with Crippen LogP contribution in [0.2, 0.25) is 0 Å². The van der Waals surface area contributed by atoms with E-state index >= 15 is 0 Å². The van der Waals surface area contributed by atoms with Crippen molar-refractivity contribution in [2.45, 2.75) is 18.4 Å². The number of benzene rings is 1. The second-order valence-electron chi connectivity index (χ2n) is 5.36. The van der Waals surface area contributed by atoms with Crippen LogP contribution in [0.5, 0.6) is 0 Å². The predicted molar refractivity (Wildman–Crippen MR) is 95.6 cm³/mol. The van der Waals surface area contributed by atoms with Gasteiger partial charge in [-0.2, -0.15) is 0 Å². The molecule has 1 fully saturated rings. The molecular weight excluding hydrogens is 418 g/mol. The van der Waals surface area contributed by atoms with E-state index in [1.807, 2.05) is 6.07 Å². The van der Waals surface area contributed by atoms with Gasteiger partial charge >= 0.3 is 0 Å². The molecule has 7 heteroatoms. The van der Waals surface area contributed by atoms with Crippen LogP contribution in [-0.4, -0.2) is 41.5 Å². The molecule has 3 N–H and O–H groups in total. The van der Waals surface area contributed by atoms with Gasteiger partial charge in [-0.3, -0.25) is 4.79 Å². The van der Waals surface area contributed by atoms with Gasteiger partial charge in [-0.1, -0.05) is 44.1 Å². The smallest absolute Gasteiger partial charge is 0.252 e. The molecule has 0 spiro atoms. The molecule has 4 nitrogen and oxygen atoms in total. The highest BCUT2D eigenvalue weighted by Gasteiger charge is 2.38. The fourth-order valence-corrected chi connectivity index (χ4v) is 3.96. The molecule has 21 heavy (non-hydrogen) atoms. The number of carbonyl (C=O) groups is 1.